The molecule has 5 nitrogen and oxygen atoms in total. The Balaban J connectivity index is 0.000000223. The molecule has 27 heavy (non-hydrogen) atoms. The second-order valence-electron chi connectivity index (χ2n) is 6.28. The molecule has 0 aromatic carbocycles. The van der Waals surface area contributed by atoms with E-state index in [0.717, 1.165) is 18.6 Å². The van der Waals surface area contributed by atoms with Crippen LogP contribution in [-0.2, 0) is 4.74 Å². The largest absolute Gasteiger partial charge is 0.456 e. The number of aromatic nitrogens is 2. The predicted octanol–water partition coefficient (Wildman–Crippen LogP) is 4.56. The molecular weight excluding hydrogens is 381 g/mol. The van der Waals surface area contributed by atoms with Crippen LogP contribution in [0.15, 0.2) is 30.9 Å². The van der Waals surface area contributed by atoms with Gasteiger partial charge in [0.2, 0.25) is 0 Å². The standard InChI is InChI=1S/C12H12FNO2S.C6H3F2NO/c1-12(2,3)16-11(15)9-4-7-8(13)5-14-6-10(7)17-9;7-5-1-9-2-6(8)4(5)3-10/h4-6H,1-3H3;1-3H. The highest BCUT2D eigenvalue weighted by atomic mass is 32.1. The van der Waals surface area contributed by atoms with Crippen molar-refractivity contribution in [2.45, 2.75) is 26.4 Å². The lowest BCUT2D eigenvalue weighted by Crippen LogP contribution is -2.23. The Hall–Kier alpha value is -2.81. The molecule has 0 fully saturated rings. The number of carbonyl (C=O) groups is 2. The fourth-order valence-electron chi connectivity index (χ4n) is 1.89. The Morgan fingerprint density at radius 2 is 1.59 bits per heavy atom. The molecule has 142 valence electrons. The molecule has 0 bridgehead atoms. The average Bonchev–Trinajstić information content (AvgIpc) is 3.00. The SMILES string of the molecule is CC(C)(C)OC(=O)c1cc2c(F)cncc2s1.O=Cc1c(F)cncc1F. The van der Waals surface area contributed by atoms with E-state index >= 15 is 0 Å². The van der Waals surface area contributed by atoms with Crippen molar-refractivity contribution in [1.29, 1.82) is 0 Å². The highest BCUT2D eigenvalue weighted by Crippen LogP contribution is 2.28. The van der Waals surface area contributed by atoms with Gasteiger partial charge in [0.1, 0.15) is 16.3 Å². The lowest BCUT2D eigenvalue weighted by Gasteiger charge is -2.18. The number of aldehydes is 1. The van der Waals surface area contributed by atoms with Crippen molar-refractivity contribution in [3.63, 3.8) is 0 Å². The van der Waals surface area contributed by atoms with Gasteiger partial charge >= 0.3 is 5.97 Å². The van der Waals surface area contributed by atoms with Crippen molar-refractivity contribution < 1.29 is 27.5 Å². The van der Waals surface area contributed by atoms with Crippen LogP contribution in [0, 0.1) is 17.5 Å². The first-order chi connectivity index (χ1) is 12.6. The van der Waals surface area contributed by atoms with Crippen molar-refractivity contribution >= 4 is 33.7 Å². The fourth-order valence-corrected chi connectivity index (χ4v) is 2.81. The summed E-state index contributed by atoms with van der Waals surface area (Å²) in [4.78, 5) is 29.0. The smallest absolute Gasteiger partial charge is 0.348 e. The van der Waals surface area contributed by atoms with Gasteiger partial charge in [-0.05, 0) is 26.8 Å². The predicted molar refractivity (Wildman–Crippen MR) is 94.3 cm³/mol. The average molecular weight is 396 g/mol. The van der Waals surface area contributed by atoms with Gasteiger partial charge in [-0.3, -0.25) is 14.8 Å². The summed E-state index contributed by atoms with van der Waals surface area (Å²) in [5, 5.41) is 0.408. The van der Waals surface area contributed by atoms with Gasteiger partial charge in [-0.25, -0.2) is 18.0 Å². The highest BCUT2D eigenvalue weighted by Gasteiger charge is 2.20. The molecular formula is C18H15F3N2O3S. The Labute approximate surface area is 156 Å². The molecule has 3 aromatic heterocycles. The van der Waals surface area contributed by atoms with E-state index in [2.05, 4.69) is 9.97 Å². The van der Waals surface area contributed by atoms with Crippen LogP contribution in [0.4, 0.5) is 13.2 Å². The van der Waals surface area contributed by atoms with Crippen molar-refractivity contribution in [2.75, 3.05) is 0 Å². The van der Waals surface area contributed by atoms with Gasteiger partial charge in [-0.2, -0.15) is 0 Å². The van der Waals surface area contributed by atoms with Gasteiger partial charge in [0, 0.05) is 11.6 Å². The lowest BCUT2D eigenvalue weighted by molar-refractivity contribution is 0.00752. The van der Waals surface area contributed by atoms with Gasteiger partial charge in [-0.1, -0.05) is 0 Å². The molecule has 0 aliphatic heterocycles. The third-order valence-electron chi connectivity index (χ3n) is 3.01. The maximum atomic E-state index is 13.4. The molecule has 0 aliphatic carbocycles. The van der Waals surface area contributed by atoms with E-state index in [1.807, 2.05) is 0 Å². The van der Waals surface area contributed by atoms with Crippen molar-refractivity contribution in [3.8, 4) is 0 Å². The van der Waals surface area contributed by atoms with E-state index in [0.29, 0.717) is 15.0 Å². The Morgan fingerprint density at radius 1 is 1.04 bits per heavy atom. The number of hydrogen-bond donors (Lipinski definition) is 0. The molecule has 0 spiro atoms. The highest BCUT2D eigenvalue weighted by molar-refractivity contribution is 7.20. The summed E-state index contributed by atoms with van der Waals surface area (Å²) in [6.07, 6.45) is 4.36. The van der Waals surface area contributed by atoms with Gasteiger partial charge in [-0.15, -0.1) is 11.3 Å². The van der Waals surface area contributed by atoms with E-state index in [9.17, 15) is 22.8 Å². The van der Waals surface area contributed by atoms with Crippen LogP contribution in [0.25, 0.3) is 10.1 Å². The lowest BCUT2D eigenvalue weighted by atomic mass is 10.2. The molecule has 0 amide bonds. The zero-order valence-corrected chi connectivity index (χ0v) is 15.4. The number of carbonyl (C=O) groups excluding carboxylic acids is 2. The number of thiophene rings is 1. The number of pyridine rings is 2. The summed E-state index contributed by atoms with van der Waals surface area (Å²) < 4.78 is 43.9. The molecule has 0 radical (unpaired) electrons. The van der Waals surface area contributed by atoms with Crippen molar-refractivity contribution in [2.24, 2.45) is 0 Å². The molecule has 0 saturated heterocycles. The number of ether oxygens (including phenoxy) is 1. The first-order valence-corrected chi connectivity index (χ1v) is 8.44. The van der Waals surface area contributed by atoms with Crippen LogP contribution < -0.4 is 0 Å². The maximum absolute atomic E-state index is 13.4. The summed E-state index contributed by atoms with van der Waals surface area (Å²) >= 11 is 1.18. The van der Waals surface area contributed by atoms with E-state index in [-0.39, 0.29) is 6.29 Å². The second kappa shape index (κ2) is 8.26. The molecule has 0 aliphatic rings. The number of rotatable bonds is 2. The fraction of sp³-hybridized carbons (Fsp3) is 0.222. The molecule has 0 saturated carbocycles. The van der Waals surface area contributed by atoms with Crippen LogP contribution in [0.2, 0.25) is 0 Å². The van der Waals surface area contributed by atoms with E-state index in [1.54, 1.807) is 20.8 Å². The van der Waals surface area contributed by atoms with Crippen molar-refractivity contribution in [1.82, 2.24) is 9.97 Å². The van der Waals surface area contributed by atoms with Gasteiger partial charge in [0.25, 0.3) is 0 Å². The molecule has 3 rings (SSSR count). The third-order valence-corrected chi connectivity index (χ3v) is 4.06. The van der Waals surface area contributed by atoms with E-state index in [4.69, 9.17) is 4.74 Å². The Bertz CT molecular complexity index is 963. The normalized spacial score (nSPS) is 10.9. The number of esters is 1. The van der Waals surface area contributed by atoms with Crippen LogP contribution >= 0.6 is 11.3 Å². The first-order valence-electron chi connectivity index (χ1n) is 7.63. The summed E-state index contributed by atoms with van der Waals surface area (Å²) in [6, 6.07) is 1.51. The maximum Gasteiger partial charge on any atom is 0.348 e. The number of hydrogen-bond acceptors (Lipinski definition) is 6. The molecule has 3 aromatic rings. The minimum atomic E-state index is -0.935. The zero-order valence-electron chi connectivity index (χ0n) is 14.6. The summed E-state index contributed by atoms with van der Waals surface area (Å²) in [6.45, 7) is 5.38. The number of halogens is 3. The number of nitrogens with zero attached hydrogens (tertiary/aromatic N) is 2. The molecule has 0 N–H and O–H groups in total. The van der Waals surface area contributed by atoms with Crippen molar-refractivity contribution in [3.05, 3.63) is 58.7 Å². The molecule has 3 heterocycles. The van der Waals surface area contributed by atoms with E-state index < -0.39 is 34.6 Å². The Kier molecular flexibility index (Phi) is 6.27. The monoisotopic (exact) mass is 396 g/mol. The van der Waals surface area contributed by atoms with Gasteiger partial charge in [0.15, 0.2) is 17.9 Å². The zero-order chi connectivity index (χ0) is 20.2. The topological polar surface area (TPSA) is 69.2 Å². The Morgan fingerprint density at radius 3 is 2.07 bits per heavy atom. The van der Waals surface area contributed by atoms with Crippen LogP contribution in [0.5, 0.6) is 0 Å². The third kappa shape index (κ3) is 5.33. The van der Waals surface area contributed by atoms with Gasteiger partial charge < -0.3 is 4.74 Å². The molecule has 0 atom stereocenters. The first kappa shape index (κ1) is 20.5. The van der Waals surface area contributed by atoms with Crippen LogP contribution in [0.3, 0.4) is 0 Å². The minimum Gasteiger partial charge on any atom is -0.456 e. The molecule has 0 unspecified atom stereocenters. The summed E-state index contributed by atoms with van der Waals surface area (Å²) in [5.74, 6) is -2.73. The van der Waals surface area contributed by atoms with E-state index in [1.165, 1.54) is 23.6 Å². The molecule has 9 heteroatoms. The quantitative estimate of drug-likeness (QED) is 0.469. The van der Waals surface area contributed by atoms with Crippen LogP contribution in [-0.4, -0.2) is 27.8 Å². The van der Waals surface area contributed by atoms with Crippen LogP contribution in [0.1, 0.15) is 40.8 Å². The summed E-state index contributed by atoms with van der Waals surface area (Å²) in [7, 11) is 0. The van der Waals surface area contributed by atoms with Gasteiger partial charge in [0.05, 0.1) is 28.9 Å². The minimum absolute atomic E-state index is 0.117. The number of fused-ring (bicyclic) bond motifs is 1. The second-order valence-corrected chi connectivity index (χ2v) is 7.36. The summed E-state index contributed by atoms with van der Waals surface area (Å²) in [5.41, 5.74) is -1.13.